The molecule has 0 aliphatic rings. The molecular formula is C26H14N2S2Se. The fourth-order valence-corrected chi connectivity index (χ4v) is 7.98. The van der Waals surface area contributed by atoms with Crippen LogP contribution >= 0.6 is 22.7 Å². The van der Waals surface area contributed by atoms with Crippen LogP contribution < -0.4 is 0 Å². The number of fused-ring (bicyclic) bond motifs is 5. The van der Waals surface area contributed by atoms with Gasteiger partial charge in [-0.15, -0.1) is 0 Å². The average Bonchev–Trinajstić information content (AvgIpc) is 3.56. The van der Waals surface area contributed by atoms with E-state index in [9.17, 15) is 0 Å². The molecule has 0 bridgehead atoms. The van der Waals surface area contributed by atoms with Crippen LogP contribution in [0.1, 0.15) is 0 Å². The van der Waals surface area contributed by atoms with Crippen LogP contribution in [0.4, 0.5) is 0 Å². The van der Waals surface area contributed by atoms with Crippen molar-refractivity contribution in [3.05, 3.63) is 83.8 Å². The summed E-state index contributed by atoms with van der Waals surface area (Å²) in [6, 6.07) is 23.0. The van der Waals surface area contributed by atoms with E-state index < -0.39 is 0 Å². The number of benzene rings is 4. The maximum absolute atomic E-state index is 4.47. The Balaban J connectivity index is 1.44. The van der Waals surface area contributed by atoms with Gasteiger partial charge in [-0.05, 0) is 0 Å². The van der Waals surface area contributed by atoms with Crippen LogP contribution in [0.2, 0.25) is 0 Å². The summed E-state index contributed by atoms with van der Waals surface area (Å²) in [6.07, 6.45) is 3.74. The molecule has 7 aromatic rings. The first-order valence-corrected chi connectivity index (χ1v) is 13.4. The molecule has 0 saturated carbocycles. The molecule has 4 aromatic carbocycles. The number of rotatable bonds is 2. The summed E-state index contributed by atoms with van der Waals surface area (Å²) in [5, 5.41) is 14.2. The minimum atomic E-state index is 0.321. The molecule has 0 aliphatic carbocycles. The second-order valence-corrected chi connectivity index (χ2v) is 11.7. The van der Waals surface area contributed by atoms with Crippen LogP contribution in [0.3, 0.4) is 0 Å². The number of thiazole rings is 2. The molecule has 0 spiro atoms. The predicted molar refractivity (Wildman–Crippen MR) is 136 cm³/mol. The molecule has 0 unspecified atom stereocenters. The van der Waals surface area contributed by atoms with Crippen LogP contribution in [0, 0.1) is 0 Å². The van der Waals surface area contributed by atoms with E-state index in [4.69, 9.17) is 0 Å². The van der Waals surface area contributed by atoms with Crippen molar-refractivity contribution in [2.24, 2.45) is 0 Å². The van der Waals surface area contributed by atoms with Crippen LogP contribution in [-0.4, -0.2) is 24.5 Å². The quantitative estimate of drug-likeness (QED) is 0.230. The molecule has 3 aromatic heterocycles. The Morgan fingerprint density at radius 1 is 0.548 bits per heavy atom. The van der Waals surface area contributed by atoms with E-state index in [1.165, 1.54) is 52.0 Å². The zero-order chi connectivity index (χ0) is 20.4. The minimum absolute atomic E-state index is 0.321. The van der Waals surface area contributed by atoms with Gasteiger partial charge in [0.05, 0.1) is 0 Å². The first-order chi connectivity index (χ1) is 15.3. The molecule has 5 heteroatoms. The molecule has 0 radical (unpaired) electrons. The zero-order valence-electron chi connectivity index (χ0n) is 16.2. The van der Waals surface area contributed by atoms with Gasteiger partial charge in [0.15, 0.2) is 0 Å². The molecule has 0 saturated heterocycles. The van der Waals surface area contributed by atoms with Gasteiger partial charge in [0.1, 0.15) is 0 Å². The van der Waals surface area contributed by atoms with Gasteiger partial charge in [-0.2, -0.15) is 0 Å². The SMILES string of the molecule is c1csc(-c2ccc3cc4c(cc3c2)[se]c2cc3cc(-c5nccs5)ccc3cc24)n1. The molecule has 2 nitrogen and oxygen atoms in total. The predicted octanol–water partition coefficient (Wildman–Crippen LogP) is 7.60. The number of aromatic nitrogens is 2. The van der Waals surface area contributed by atoms with Crippen molar-refractivity contribution in [3.63, 3.8) is 0 Å². The Morgan fingerprint density at radius 2 is 1.06 bits per heavy atom. The standard InChI is InChI=1S/C26H14N2S2Se/c1-3-17(25-27-5-7-29-25)9-19-13-23-21(11-15(1)19)22-12-16-2-4-18(26-28-6-8-30-26)10-20(16)14-24(22)31-23/h1-14H. The number of hydrogen-bond donors (Lipinski definition) is 0. The van der Waals surface area contributed by atoms with E-state index in [0.29, 0.717) is 14.5 Å². The second kappa shape index (κ2) is 6.84. The molecule has 7 rings (SSSR count). The number of hydrogen-bond acceptors (Lipinski definition) is 4. The Bertz CT molecular complexity index is 1600. The van der Waals surface area contributed by atoms with Crippen molar-refractivity contribution in [3.8, 4) is 21.1 Å². The van der Waals surface area contributed by atoms with Crippen LogP contribution in [-0.2, 0) is 0 Å². The van der Waals surface area contributed by atoms with Gasteiger partial charge >= 0.3 is 193 Å². The summed E-state index contributed by atoms with van der Waals surface area (Å²) in [5.74, 6) is 0. The van der Waals surface area contributed by atoms with E-state index in [1.54, 1.807) is 22.7 Å². The van der Waals surface area contributed by atoms with E-state index in [0.717, 1.165) is 10.0 Å². The van der Waals surface area contributed by atoms with Crippen molar-refractivity contribution in [1.82, 2.24) is 9.97 Å². The Morgan fingerprint density at radius 3 is 1.52 bits per heavy atom. The van der Waals surface area contributed by atoms with Crippen molar-refractivity contribution in [1.29, 1.82) is 0 Å². The van der Waals surface area contributed by atoms with Crippen LogP contribution in [0.15, 0.2) is 83.8 Å². The van der Waals surface area contributed by atoms with Gasteiger partial charge in [0.25, 0.3) is 0 Å². The molecule has 3 heterocycles. The summed E-state index contributed by atoms with van der Waals surface area (Å²) in [6.45, 7) is 0. The molecule has 0 aliphatic heterocycles. The number of nitrogens with zero attached hydrogens (tertiary/aromatic N) is 2. The van der Waals surface area contributed by atoms with Crippen LogP contribution in [0.5, 0.6) is 0 Å². The maximum atomic E-state index is 4.47. The van der Waals surface area contributed by atoms with Crippen molar-refractivity contribution >= 4 is 78.0 Å². The first kappa shape index (κ1) is 17.8. The first-order valence-electron chi connectivity index (χ1n) is 9.95. The van der Waals surface area contributed by atoms with E-state index in [1.807, 2.05) is 23.2 Å². The third-order valence-corrected chi connectivity index (χ3v) is 9.73. The normalized spacial score (nSPS) is 11.9. The topological polar surface area (TPSA) is 25.8 Å². The Labute approximate surface area is 192 Å². The van der Waals surface area contributed by atoms with Gasteiger partial charge in [-0.3, -0.25) is 0 Å². The third-order valence-electron chi connectivity index (χ3n) is 5.75. The van der Waals surface area contributed by atoms with Gasteiger partial charge in [0, 0.05) is 0 Å². The second-order valence-electron chi connectivity index (χ2n) is 7.60. The monoisotopic (exact) mass is 498 g/mol. The Hall–Kier alpha value is -2.82. The molecule has 0 fully saturated rings. The van der Waals surface area contributed by atoms with E-state index >= 15 is 0 Å². The van der Waals surface area contributed by atoms with Crippen molar-refractivity contribution in [2.75, 3.05) is 0 Å². The summed E-state index contributed by atoms with van der Waals surface area (Å²) in [5.41, 5.74) is 2.40. The van der Waals surface area contributed by atoms with Crippen molar-refractivity contribution < 1.29 is 0 Å². The van der Waals surface area contributed by atoms with E-state index in [2.05, 4.69) is 70.6 Å². The summed E-state index contributed by atoms with van der Waals surface area (Å²) < 4.78 is 2.95. The average molecular weight is 498 g/mol. The summed E-state index contributed by atoms with van der Waals surface area (Å²) >= 11 is 3.70. The molecule has 0 atom stereocenters. The molecule has 0 amide bonds. The fraction of sp³-hybridized carbons (Fsp3) is 0. The fourth-order valence-electron chi connectivity index (χ4n) is 4.26. The van der Waals surface area contributed by atoms with Gasteiger partial charge < -0.3 is 0 Å². The summed E-state index contributed by atoms with van der Waals surface area (Å²) in [4.78, 5) is 8.95. The molecular weight excluding hydrogens is 483 g/mol. The molecule has 31 heavy (non-hydrogen) atoms. The van der Waals surface area contributed by atoms with Crippen LogP contribution in [0.25, 0.3) is 62.0 Å². The van der Waals surface area contributed by atoms with Gasteiger partial charge in [-0.1, -0.05) is 0 Å². The zero-order valence-corrected chi connectivity index (χ0v) is 19.5. The van der Waals surface area contributed by atoms with E-state index in [-0.39, 0.29) is 0 Å². The van der Waals surface area contributed by atoms with Gasteiger partial charge in [-0.25, -0.2) is 0 Å². The molecule has 146 valence electrons. The third kappa shape index (κ3) is 2.89. The van der Waals surface area contributed by atoms with Crippen molar-refractivity contribution in [2.45, 2.75) is 0 Å². The summed E-state index contributed by atoms with van der Waals surface area (Å²) in [7, 11) is 0. The molecule has 0 N–H and O–H groups in total. The Kier molecular flexibility index (Phi) is 3.93. The van der Waals surface area contributed by atoms with Gasteiger partial charge in [0.2, 0.25) is 0 Å².